The van der Waals surface area contributed by atoms with Gasteiger partial charge in [-0.1, -0.05) is 47.4 Å². The Bertz CT molecular complexity index is 653. The molecule has 4 nitrogen and oxygen atoms in total. The number of hydrogen-bond donors (Lipinski definition) is 0. The van der Waals surface area contributed by atoms with E-state index in [1.807, 2.05) is 38.1 Å². The zero-order chi connectivity index (χ0) is 14.9. The van der Waals surface area contributed by atoms with Gasteiger partial charge < -0.3 is 4.74 Å². The molecule has 0 saturated carbocycles. The molecule has 6 heteroatoms. The lowest BCUT2D eigenvalue weighted by Crippen LogP contribution is -2.05. The monoisotopic (exact) mass is 356 g/mol. The van der Waals surface area contributed by atoms with Crippen LogP contribution >= 0.6 is 27.5 Å². The van der Waals surface area contributed by atoms with Crippen molar-refractivity contribution in [3.05, 3.63) is 45.1 Å². The van der Waals surface area contributed by atoms with E-state index in [9.17, 15) is 4.79 Å². The predicted octanol–water partition coefficient (Wildman–Crippen LogP) is 4.20. The van der Waals surface area contributed by atoms with Crippen molar-refractivity contribution in [1.82, 2.24) is 9.78 Å². The lowest BCUT2D eigenvalue weighted by molar-refractivity contribution is 0.0593. The van der Waals surface area contributed by atoms with Crippen LogP contribution in [0.1, 0.15) is 35.9 Å². The largest absolute Gasteiger partial charge is 0.464 e. The number of carbonyl (C=O) groups excluding carboxylic acids is 1. The maximum Gasteiger partial charge on any atom is 0.360 e. The summed E-state index contributed by atoms with van der Waals surface area (Å²) in [5.41, 5.74) is 1.75. The SMILES string of the molecule is COC(=O)c1nn(-c2cccc(Br)c2)c(C(C)C)c1Cl. The second-order valence-corrected chi connectivity index (χ2v) is 5.88. The maximum absolute atomic E-state index is 11.7. The van der Waals surface area contributed by atoms with Crippen molar-refractivity contribution in [3.63, 3.8) is 0 Å². The molecule has 1 aromatic heterocycles. The van der Waals surface area contributed by atoms with Crippen LogP contribution in [0.25, 0.3) is 5.69 Å². The average Bonchev–Trinajstić information content (AvgIpc) is 2.75. The lowest BCUT2D eigenvalue weighted by Gasteiger charge is -2.10. The number of esters is 1. The van der Waals surface area contributed by atoms with E-state index in [1.165, 1.54) is 7.11 Å². The molecule has 0 unspecified atom stereocenters. The fourth-order valence-corrected chi connectivity index (χ4v) is 2.74. The van der Waals surface area contributed by atoms with E-state index in [0.29, 0.717) is 5.02 Å². The molecule has 106 valence electrons. The Morgan fingerprint density at radius 3 is 2.70 bits per heavy atom. The van der Waals surface area contributed by atoms with Gasteiger partial charge in [0.15, 0.2) is 5.69 Å². The molecule has 0 N–H and O–H groups in total. The van der Waals surface area contributed by atoms with Gasteiger partial charge in [0, 0.05) is 4.47 Å². The van der Waals surface area contributed by atoms with Crippen molar-refractivity contribution in [2.75, 3.05) is 7.11 Å². The van der Waals surface area contributed by atoms with E-state index in [1.54, 1.807) is 4.68 Å². The summed E-state index contributed by atoms with van der Waals surface area (Å²) in [6, 6.07) is 7.64. The number of carbonyl (C=O) groups is 1. The number of methoxy groups -OCH3 is 1. The van der Waals surface area contributed by atoms with E-state index >= 15 is 0 Å². The molecule has 0 amide bonds. The van der Waals surface area contributed by atoms with Gasteiger partial charge in [0.25, 0.3) is 0 Å². The molecule has 0 saturated heterocycles. The number of rotatable bonds is 3. The minimum absolute atomic E-state index is 0.118. The first-order valence-corrected chi connectivity index (χ1v) is 7.25. The summed E-state index contributed by atoms with van der Waals surface area (Å²) in [5.74, 6) is -0.418. The van der Waals surface area contributed by atoms with E-state index < -0.39 is 5.97 Å². The first-order valence-electron chi connectivity index (χ1n) is 6.08. The molecule has 0 fully saturated rings. The van der Waals surface area contributed by atoms with Crippen LogP contribution in [-0.4, -0.2) is 22.9 Å². The van der Waals surface area contributed by atoms with Gasteiger partial charge in [0.2, 0.25) is 0 Å². The van der Waals surface area contributed by atoms with Crippen molar-refractivity contribution < 1.29 is 9.53 Å². The van der Waals surface area contributed by atoms with Crippen LogP contribution in [0, 0.1) is 0 Å². The molecule has 0 atom stereocenters. The second-order valence-electron chi connectivity index (χ2n) is 4.59. The van der Waals surface area contributed by atoms with E-state index in [4.69, 9.17) is 16.3 Å². The summed E-state index contributed by atoms with van der Waals surface area (Å²) in [5, 5.41) is 4.64. The van der Waals surface area contributed by atoms with Crippen LogP contribution in [0.2, 0.25) is 5.02 Å². The summed E-state index contributed by atoms with van der Waals surface area (Å²) in [6.45, 7) is 4.00. The van der Waals surface area contributed by atoms with Gasteiger partial charge >= 0.3 is 5.97 Å². The molecular formula is C14H14BrClN2O2. The molecule has 0 aliphatic rings. The zero-order valence-electron chi connectivity index (χ0n) is 11.4. The first-order chi connectivity index (χ1) is 9.45. The number of aromatic nitrogens is 2. The van der Waals surface area contributed by atoms with Gasteiger partial charge in [0.05, 0.1) is 23.5 Å². The highest BCUT2D eigenvalue weighted by Gasteiger charge is 2.24. The lowest BCUT2D eigenvalue weighted by atomic mass is 10.1. The topological polar surface area (TPSA) is 44.1 Å². The van der Waals surface area contributed by atoms with Crippen molar-refractivity contribution >= 4 is 33.5 Å². The fourth-order valence-electron chi connectivity index (χ4n) is 1.94. The molecule has 20 heavy (non-hydrogen) atoms. The van der Waals surface area contributed by atoms with Crippen LogP contribution in [0.5, 0.6) is 0 Å². The van der Waals surface area contributed by atoms with E-state index in [0.717, 1.165) is 15.9 Å². The molecule has 0 aliphatic heterocycles. The maximum atomic E-state index is 11.7. The third kappa shape index (κ3) is 2.74. The van der Waals surface area contributed by atoms with Crippen molar-refractivity contribution in [2.24, 2.45) is 0 Å². The Morgan fingerprint density at radius 2 is 2.15 bits per heavy atom. The van der Waals surface area contributed by atoms with Gasteiger partial charge in [-0.15, -0.1) is 0 Å². The minimum atomic E-state index is -0.536. The Morgan fingerprint density at radius 1 is 1.45 bits per heavy atom. The summed E-state index contributed by atoms with van der Waals surface area (Å²) >= 11 is 9.72. The molecule has 2 rings (SSSR count). The molecule has 0 aliphatic carbocycles. The molecule has 0 spiro atoms. The standard InChI is InChI=1S/C14H14BrClN2O2/c1-8(2)13-11(16)12(14(19)20-3)17-18(13)10-6-4-5-9(15)7-10/h4-8H,1-3H3. The number of hydrogen-bond acceptors (Lipinski definition) is 3. The normalized spacial score (nSPS) is 10.9. The Hall–Kier alpha value is -1.33. The number of ether oxygens (including phenoxy) is 1. The fraction of sp³-hybridized carbons (Fsp3) is 0.286. The summed E-state index contributed by atoms with van der Waals surface area (Å²) in [6.07, 6.45) is 0. The summed E-state index contributed by atoms with van der Waals surface area (Å²) < 4.78 is 7.33. The van der Waals surface area contributed by atoms with Gasteiger partial charge in [-0.2, -0.15) is 5.10 Å². The summed E-state index contributed by atoms with van der Waals surface area (Å²) in [4.78, 5) is 11.7. The van der Waals surface area contributed by atoms with Crippen LogP contribution < -0.4 is 0 Å². The smallest absolute Gasteiger partial charge is 0.360 e. The van der Waals surface area contributed by atoms with Gasteiger partial charge in [-0.25, -0.2) is 9.48 Å². The van der Waals surface area contributed by atoms with Gasteiger partial charge in [0.1, 0.15) is 0 Å². The van der Waals surface area contributed by atoms with Gasteiger partial charge in [-0.3, -0.25) is 0 Å². The van der Waals surface area contributed by atoms with E-state index in [-0.39, 0.29) is 11.6 Å². The van der Waals surface area contributed by atoms with Crippen LogP contribution in [0.4, 0.5) is 0 Å². The minimum Gasteiger partial charge on any atom is -0.464 e. The quantitative estimate of drug-likeness (QED) is 0.773. The molecule has 1 aromatic carbocycles. The van der Waals surface area contributed by atoms with Crippen LogP contribution in [0.15, 0.2) is 28.7 Å². The van der Waals surface area contributed by atoms with Crippen molar-refractivity contribution in [3.8, 4) is 5.69 Å². The molecular weight excluding hydrogens is 344 g/mol. The highest BCUT2D eigenvalue weighted by atomic mass is 79.9. The van der Waals surface area contributed by atoms with Crippen molar-refractivity contribution in [2.45, 2.75) is 19.8 Å². The molecule has 1 heterocycles. The third-order valence-electron chi connectivity index (χ3n) is 2.84. The highest BCUT2D eigenvalue weighted by molar-refractivity contribution is 9.10. The third-order valence-corrected chi connectivity index (χ3v) is 3.71. The number of nitrogens with zero attached hydrogens (tertiary/aromatic N) is 2. The molecule has 2 aromatic rings. The second kappa shape index (κ2) is 5.97. The number of halogens is 2. The van der Waals surface area contributed by atoms with Crippen LogP contribution in [-0.2, 0) is 4.74 Å². The highest BCUT2D eigenvalue weighted by Crippen LogP contribution is 2.31. The number of benzene rings is 1. The Balaban J connectivity index is 2.66. The van der Waals surface area contributed by atoms with Crippen LogP contribution in [0.3, 0.4) is 0 Å². The molecule has 0 radical (unpaired) electrons. The Labute approximate surface area is 130 Å². The predicted molar refractivity (Wildman–Crippen MR) is 81.7 cm³/mol. The molecule has 0 bridgehead atoms. The summed E-state index contributed by atoms with van der Waals surface area (Å²) in [7, 11) is 1.31. The Kier molecular flexibility index (Phi) is 4.50. The van der Waals surface area contributed by atoms with Gasteiger partial charge in [-0.05, 0) is 24.1 Å². The average molecular weight is 358 g/mol. The van der Waals surface area contributed by atoms with E-state index in [2.05, 4.69) is 21.0 Å². The zero-order valence-corrected chi connectivity index (χ0v) is 13.7. The first kappa shape index (κ1) is 15.1. The van der Waals surface area contributed by atoms with Crippen molar-refractivity contribution in [1.29, 1.82) is 0 Å².